The van der Waals surface area contributed by atoms with Crippen molar-refractivity contribution in [3.8, 4) is 11.5 Å². The number of anilines is 1. The number of carbonyl (C=O) groups is 1. The molecule has 1 aliphatic heterocycles. The Morgan fingerprint density at radius 1 is 1.19 bits per heavy atom. The number of carboxylic acids is 1. The Kier molecular flexibility index (Phi) is 3.58. The Labute approximate surface area is 126 Å². The van der Waals surface area contributed by atoms with Gasteiger partial charge in [0.25, 0.3) is 0 Å². The Hall–Kier alpha value is -2.40. The zero-order chi connectivity index (χ0) is 14.8. The summed E-state index contributed by atoms with van der Waals surface area (Å²) >= 11 is 5.91. The Morgan fingerprint density at radius 3 is 2.76 bits per heavy atom. The van der Waals surface area contributed by atoms with Gasteiger partial charge in [0.15, 0.2) is 17.5 Å². The lowest BCUT2D eigenvalue weighted by Gasteiger charge is -2.16. The highest BCUT2D eigenvalue weighted by molar-refractivity contribution is 6.30. The highest BCUT2D eigenvalue weighted by Gasteiger charge is 2.23. The summed E-state index contributed by atoms with van der Waals surface area (Å²) in [5, 5.41) is 12.9. The number of hydrogen-bond acceptors (Lipinski definition) is 4. The van der Waals surface area contributed by atoms with Crippen LogP contribution in [0.4, 0.5) is 5.69 Å². The minimum atomic E-state index is -0.992. The second-order valence-corrected chi connectivity index (χ2v) is 4.98. The molecule has 0 saturated heterocycles. The van der Waals surface area contributed by atoms with E-state index < -0.39 is 12.0 Å². The van der Waals surface area contributed by atoms with E-state index in [1.165, 1.54) is 0 Å². The molecule has 0 spiro atoms. The van der Waals surface area contributed by atoms with Crippen LogP contribution in [0.3, 0.4) is 0 Å². The zero-order valence-electron chi connectivity index (χ0n) is 10.9. The molecule has 0 fully saturated rings. The molecule has 0 aromatic heterocycles. The maximum Gasteiger partial charge on any atom is 0.330 e. The van der Waals surface area contributed by atoms with Crippen molar-refractivity contribution in [3.05, 3.63) is 53.1 Å². The van der Waals surface area contributed by atoms with Crippen LogP contribution in [0, 0.1) is 0 Å². The molecule has 0 radical (unpaired) electrons. The lowest BCUT2D eigenvalue weighted by atomic mass is 10.1. The van der Waals surface area contributed by atoms with Crippen LogP contribution in [0.5, 0.6) is 11.5 Å². The topological polar surface area (TPSA) is 67.8 Å². The Balaban J connectivity index is 1.89. The third-order valence-corrected chi connectivity index (χ3v) is 3.35. The molecule has 108 valence electrons. The van der Waals surface area contributed by atoms with Crippen LogP contribution in [-0.2, 0) is 4.79 Å². The van der Waals surface area contributed by atoms with Crippen LogP contribution in [-0.4, -0.2) is 17.9 Å². The predicted molar refractivity (Wildman–Crippen MR) is 78.0 cm³/mol. The molecule has 2 N–H and O–H groups in total. The van der Waals surface area contributed by atoms with Crippen molar-refractivity contribution in [2.24, 2.45) is 0 Å². The Morgan fingerprint density at radius 2 is 2.00 bits per heavy atom. The normalized spacial score (nSPS) is 13.8. The van der Waals surface area contributed by atoms with Gasteiger partial charge >= 0.3 is 5.97 Å². The van der Waals surface area contributed by atoms with Gasteiger partial charge < -0.3 is 19.9 Å². The van der Waals surface area contributed by atoms with E-state index in [0.29, 0.717) is 27.8 Å². The third kappa shape index (κ3) is 2.87. The molecule has 2 aromatic carbocycles. The molecule has 0 saturated carbocycles. The summed E-state index contributed by atoms with van der Waals surface area (Å²) in [6.07, 6.45) is 0. The number of hydrogen-bond donors (Lipinski definition) is 2. The van der Waals surface area contributed by atoms with Crippen LogP contribution in [0.1, 0.15) is 11.6 Å². The van der Waals surface area contributed by atoms with E-state index in [2.05, 4.69) is 5.32 Å². The number of nitrogens with one attached hydrogen (secondary N) is 1. The average molecular weight is 306 g/mol. The van der Waals surface area contributed by atoms with Crippen molar-refractivity contribution in [1.29, 1.82) is 0 Å². The second-order valence-electron chi connectivity index (χ2n) is 4.54. The lowest BCUT2D eigenvalue weighted by molar-refractivity contribution is -0.138. The fourth-order valence-corrected chi connectivity index (χ4v) is 2.32. The summed E-state index contributed by atoms with van der Waals surface area (Å²) < 4.78 is 10.5. The molecule has 21 heavy (non-hydrogen) atoms. The minimum Gasteiger partial charge on any atom is -0.479 e. The van der Waals surface area contributed by atoms with Crippen molar-refractivity contribution in [2.45, 2.75) is 6.04 Å². The SMILES string of the molecule is O=C(O)C(Nc1cccc(Cl)c1)c1ccc2c(c1)OCO2. The van der Waals surface area contributed by atoms with E-state index in [0.717, 1.165) is 0 Å². The van der Waals surface area contributed by atoms with E-state index in [-0.39, 0.29) is 6.79 Å². The number of rotatable bonds is 4. The van der Waals surface area contributed by atoms with Gasteiger partial charge in [0.1, 0.15) is 0 Å². The average Bonchev–Trinajstić information content (AvgIpc) is 2.92. The molecule has 2 aromatic rings. The largest absolute Gasteiger partial charge is 0.479 e. The number of halogens is 1. The van der Waals surface area contributed by atoms with Crippen LogP contribution in [0.2, 0.25) is 5.02 Å². The van der Waals surface area contributed by atoms with Crippen molar-refractivity contribution < 1.29 is 19.4 Å². The molecule has 1 atom stereocenters. The van der Waals surface area contributed by atoms with Gasteiger partial charge in [0.05, 0.1) is 0 Å². The first kappa shape index (κ1) is 13.6. The smallest absolute Gasteiger partial charge is 0.330 e. The fraction of sp³-hybridized carbons (Fsp3) is 0.133. The van der Waals surface area contributed by atoms with Crippen LogP contribution < -0.4 is 14.8 Å². The predicted octanol–water partition coefficient (Wildman–Crippen LogP) is 3.31. The molecule has 0 bridgehead atoms. The maximum absolute atomic E-state index is 11.5. The van der Waals surface area contributed by atoms with Gasteiger partial charge in [-0.1, -0.05) is 23.7 Å². The first-order chi connectivity index (χ1) is 10.1. The van der Waals surface area contributed by atoms with Gasteiger partial charge in [-0.05, 0) is 35.9 Å². The van der Waals surface area contributed by atoms with E-state index in [1.54, 1.807) is 42.5 Å². The van der Waals surface area contributed by atoms with E-state index in [9.17, 15) is 9.90 Å². The molecule has 1 unspecified atom stereocenters. The van der Waals surface area contributed by atoms with E-state index in [4.69, 9.17) is 21.1 Å². The van der Waals surface area contributed by atoms with Crippen molar-refractivity contribution >= 4 is 23.3 Å². The molecular weight excluding hydrogens is 294 g/mol. The molecule has 1 aliphatic rings. The van der Waals surface area contributed by atoms with Gasteiger partial charge in [0, 0.05) is 10.7 Å². The summed E-state index contributed by atoms with van der Waals surface area (Å²) in [5.41, 5.74) is 1.21. The van der Waals surface area contributed by atoms with Crippen LogP contribution in [0.25, 0.3) is 0 Å². The third-order valence-electron chi connectivity index (χ3n) is 3.11. The molecule has 1 heterocycles. The van der Waals surface area contributed by atoms with E-state index in [1.807, 2.05) is 0 Å². The van der Waals surface area contributed by atoms with Gasteiger partial charge in [0.2, 0.25) is 6.79 Å². The number of ether oxygens (including phenoxy) is 2. The van der Waals surface area contributed by atoms with Crippen LogP contribution >= 0.6 is 11.6 Å². The molecule has 5 nitrogen and oxygen atoms in total. The van der Waals surface area contributed by atoms with Crippen LogP contribution in [0.15, 0.2) is 42.5 Å². The summed E-state index contributed by atoms with van der Waals surface area (Å²) in [4.78, 5) is 11.5. The molecule has 0 amide bonds. The van der Waals surface area contributed by atoms with Gasteiger partial charge in [-0.2, -0.15) is 0 Å². The number of benzene rings is 2. The molecule has 3 rings (SSSR count). The zero-order valence-corrected chi connectivity index (χ0v) is 11.6. The Bertz CT molecular complexity index is 689. The second kappa shape index (κ2) is 5.54. The quantitative estimate of drug-likeness (QED) is 0.907. The standard InChI is InChI=1S/C15H12ClNO4/c16-10-2-1-3-11(7-10)17-14(15(18)19)9-4-5-12-13(6-9)21-8-20-12/h1-7,14,17H,8H2,(H,18,19). The van der Waals surface area contributed by atoms with Crippen molar-refractivity contribution in [3.63, 3.8) is 0 Å². The summed E-state index contributed by atoms with van der Waals surface area (Å²) in [7, 11) is 0. The molecular formula is C15H12ClNO4. The minimum absolute atomic E-state index is 0.151. The highest BCUT2D eigenvalue weighted by Crippen LogP contribution is 2.35. The summed E-state index contributed by atoms with van der Waals surface area (Å²) in [5.74, 6) is 0.172. The highest BCUT2D eigenvalue weighted by atomic mass is 35.5. The molecule has 6 heteroatoms. The van der Waals surface area contributed by atoms with Crippen molar-refractivity contribution in [1.82, 2.24) is 0 Å². The first-order valence-corrected chi connectivity index (χ1v) is 6.66. The number of aliphatic carboxylic acids is 1. The van der Waals surface area contributed by atoms with Gasteiger partial charge in [-0.25, -0.2) is 4.79 Å². The van der Waals surface area contributed by atoms with Gasteiger partial charge in [-0.3, -0.25) is 0 Å². The first-order valence-electron chi connectivity index (χ1n) is 6.28. The van der Waals surface area contributed by atoms with Gasteiger partial charge in [-0.15, -0.1) is 0 Å². The van der Waals surface area contributed by atoms with E-state index >= 15 is 0 Å². The number of fused-ring (bicyclic) bond motifs is 1. The molecule has 0 aliphatic carbocycles. The summed E-state index contributed by atoms with van der Waals surface area (Å²) in [6.45, 7) is 0.151. The monoisotopic (exact) mass is 305 g/mol. The fourth-order valence-electron chi connectivity index (χ4n) is 2.13. The number of carboxylic acid groups (broad SMARTS) is 1. The van der Waals surface area contributed by atoms with Crippen molar-refractivity contribution in [2.75, 3.05) is 12.1 Å². The maximum atomic E-state index is 11.5. The lowest BCUT2D eigenvalue weighted by Crippen LogP contribution is -2.20. The summed E-state index contributed by atoms with van der Waals surface area (Å²) in [6, 6.07) is 11.1.